The van der Waals surface area contributed by atoms with Crippen LogP contribution in [0.3, 0.4) is 0 Å². The maximum Gasteiger partial charge on any atom is 0.416 e. The summed E-state index contributed by atoms with van der Waals surface area (Å²) in [6, 6.07) is 4.97. The number of Topliss-reactive ketones (excluding diaryl/α,β-unsaturated/α-hetero) is 1. The maximum atomic E-state index is 14.1. The molecule has 6 heteroatoms. The van der Waals surface area contributed by atoms with Crippen LogP contribution in [0.2, 0.25) is 0 Å². The number of allylic oxidation sites excluding steroid dienone is 1. The highest BCUT2D eigenvalue weighted by Crippen LogP contribution is 2.34. The summed E-state index contributed by atoms with van der Waals surface area (Å²) in [7, 11) is 0. The Morgan fingerprint density at radius 2 is 2.09 bits per heavy atom. The molecule has 0 spiro atoms. The van der Waals surface area contributed by atoms with E-state index >= 15 is 0 Å². The monoisotopic (exact) mass is 315 g/mol. The minimum atomic E-state index is -4.41. The van der Waals surface area contributed by atoms with E-state index in [0.717, 1.165) is 12.1 Å². The lowest BCUT2D eigenvalue weighted by atomic mass is 9.91. The van der Waals surface area contributed by atoms with Crippen molar-refractivity contribution in [2.75, 3.05) is 6.54 Å². The molecule has 2 rings (SSSR count). The summed E-state index contributed by atoms with van der Waals surface area (Å²) in [6.45, 7) is 1.72. The van der Waals surface area contributed by atoms with E-state index < -0.39 is 24.0 Å². The fraction of sp³-hybridized carbons (Fsp3) is 0.438. The molecule has 1 heterocycles. The molecular weight excluding hydrogens is 298 g/mol. The highest BCUT2D eigenvalue weighted by Gasteiger charge is 2.31. The molecule has 0 amide bonds. The Morgan fingerprint density at radius 3 is 2.68 bits per heavy atom. The Labute approximate surface area is 126 Å². The molecule has 120 valence electrons. The molecule has 22 heavy (non-hydrogen) atoms. The summed E-state index contributed by atoms with van der Waals surface area (Å²) in [5.74, 6) is -0.425. The molecule has 0 saturated heterocycles. The first-order chi connectivity index (χ1) is 10.3. The Morgan fingerprint density at radius 1 is 1.36 bits per heavy atom. The second kappa shape index (κ2) is 6.50. The normalized spacial score (nSPS) is 22.0. The van der Waals surface area contributed by atoms with Gasteiger partial charge in [0, 0.05) is 25.3 Å². The summed E-state index contributed by atoms with van der Waals surface area (Å²) in [4.78, 5) is 12.3. The van der Waals surface area contributed by atoms with Gasteiger partial charge in [-0.2, -0.15) is 13.2 Å². The molecule has 0 aliphatic carbocycles. The number of carbonyl (C=O) groups is 1. The smallest absolute Gasteiger partial charge is 0.348 e. The molecule has 1 aromatic rings. The number of nitrogens with zero attached hydrogens (tertiary/aromatic N) is 1. The quantitative estimate of drug-likeness (QED) is 0.610. The predicted octanol–water partition coefficient (Wildman–Crippen LogP) is 4.28. The average Bonchev–Trinajstić information content (AvgIpc) is 2.45. The Hall–Kier alpha value is -1.85. The van der Waals surface area contributed by atoms with Gasteiger partial charge in [0.2, 0.25) is 0 Å². The number of hydrogen-bond donors (Lipinski definition) is 0. The van der Waals surface area contributed by atoms with E-state index in [9.17, 15) is 22.4 Å². The van der Waals surface area contributed by atoms with Crippen LogP contribution in [0.15, 0.2) is 36.5 Å². The van der Waals surface area contributed by atoms with Gasteiger partial charge in [-0.1, -0.05) is 24.3 Å². The van der Waals surface area contributed by atoms with Crippen LogP contribution >= 0.6 is 0 Å². The van der Waals surface area contributed by atoms with E-state index in [2.05, 4.69) is 0 Å². The maximum absolute atomic E-state index is 14.1. The summed E-state index contributed by atoms with van der Waals surface area (Å²) in [5, 5.41) is 0. The Bertz CT molecular complexity index is 568. The number of halogens is 4. The molecule has 0 saturated carbocycles. The first kappa shape index (κ1) is 16.5. The van der Waals surface area contributed by atoms with Gasteiger partial charge in [-0.3, -0.25) is 4.79 Å². The predicted molar refractivity (Wildman–Crippen MR) is 74.8 cm³/mol. The van der Waals surface area contributed by atoms with Crippen LogP contribution in [-0.4, -0.2) is 23.5 Å². The zero-order chi connectivity index (χ0) is 16.3. The van der Waals surface area contributed by atoms with Crippen LogP contribution in [-0.2, 0) is 11.0 Å². The second-order valence-corrected chi connectivity index (χ2v) is 5.43. The zero-order valence-electron chi connectivity index (χ0n) is 12.1. The topological polar surface area (TPSA) is 20.3 Å². The molecule has 2 nitrogen and oxygen atoms in total. The van der Waals surface area contributed by atoms with Crippen LogP contribution in [0.4, 0.5) is 17.6 Å². The standard InChI is InChI=1S/C16H17F4NO/c1-11(22)5-7-21-8-6-13(10-15(21)17)12-3-2-4-14(9-12)16(18,19)20/h2-4,6,8-9,13,15H,5,7,10H2,1H3. The Kier molecular flexibility index (Phi) is 4.88. The first-order valence-corrected chi connectivity index (χ1v) is 7.02. The fourth-order valence-electron chi connectivity index (χ4n) is 2.43. The van der Waals surface area contributed by atoms with Crippen molar-refractivity contribution in [3.05, 3.63) is 47.7 Å². The third-order valence-corrected chi connectivity index (χ3v) is 3.68. The molecule has 1 aliphatic rings. The van der Waals surface area contributed by atoms with Gasteiger partial charge in [-0.05, 0) is 24.8 Å². The van der Waals surface area contributed by atoms with Gasteiger partial charge >= 0.3 is 6.18 Å². The summed E-state index contributed by atoms with van der Waals surface area (Å²) in [5.41, 5.74) is -0.284. The van der Waals surface area contributed by atoms with Crippen LogP contribution in [0.25, 0.3) is 0 Å². The lowest BCUT2D eigenvalue weighted by Gasteiger charge is -2.31. The van der Waals surface area contributed by atoms with Crippen molar-refractivity contribution >= 4 is 5.78 Å². The molecule has 2 atom stereocenters. The molecule has 1 aromatic carbocycles. The van der Waals surface area contributed by atoms with Crippen molar-refractivity contribution < 1.29 is 22.4 Å². The molecule has 0 fully saturated rings. The van der Waals surface area contributed by atoms with E-state index in [1.165, 1.54) is 24.1 Å². The molecule has 0 aromatic heterocycles. The molecule has 0 N–H and O–H groups in total. The number of rotatable bonds is 4. The van der Waals surface area contributed by atoms with Gasteiger partial charge in [-0.25, -0.2) is 4.39 Å². The Balaban J connectivity index is 2.12. The summed E-state index contributed by atoms with van der Waals surface area (Å²) >= 11 is 0. The van der Waals surface area contributed by atoms with Crippen molar-refractivity contribution in [1.29, 1.82) is 0 Å². The SMILES string of the molecule is CC(=O)CCN1C=CC(c2cccc(C(F)(F)F)c2)CC1F. The number of hydrogen-bond acceptors (Lipinski definition) is 2. The highest BCUT2D eigenvalue weighted by atomic mass is 19.4. The average molecular weight is 315 g/mol. The van der Waals surface area contributed by atoms with Crippen molar-refractivity contribution in [3.8, 4) is 0 Å². The van der Waals surface area contributed by atoms with E-state index in [4.69, 9.17) is 0 Å². The lowest BCUT2D eigenvalue weighted by molar-refractivity contribution is -0.137. The van der Waals surface area contributed by atoms with E-state index in [-0.39, 0.29) is 25.2 Å². The lowest BCUT2D eigenvalue weighted by Crippen LogP contribution is -2.33. The van der Waals surface area contributed by atoms with Gasteiger partial charge in [-0.15, -0.1) is 0 Å². The highest BCUT2D eigenvalue weighted by molar-refractivity contribution is 5.75. The van der Waals surface area contributed by atoms with Gasteiger partial charge in [0.1, 0.15) is 5.78 Å². The van der Waals surface area contributed by atoms with Crippen LogP contribution < -0.4 is 0 Å². The minimum Gasteiger partial charge on any atom is -0.348 e. The van der Waals surface area contributed by atoms with Gasteiger partial charge in [0.05, 0.1) is 5.56 Å². The van der Waals surface area contributed by atoms with Gasteiger partial charge in [0.15, 0.2) is 6.30 Å². The molecule has 0 bridgehead atoms. The molecular formula is C16H17F4NO. The molecule has 2 unspecified atom stereocenters. The number of carbonyl (C=O) groups excluding carboxylic acids is 1. The molecule has 0 radical (unpaired) electrons. The van der Waals surface area contributed by atoms with Crippen molar-refractivity contribution in [3.63, 3.8) is 0 Å². The second-order valence-electron chi connectivity index (χ2n) is 5.43. The van der Waals surface area contributed by atoms with Crippen molar-refractivity contribution in [1.82, 2.24) is 4.90 Å². The summed E-state index contributed by atoms with van der Waals surface area (Å²) in [6.07, 6.45) is -2.16. The van der Waals surface area contributed by atoms with Crippen molar-refractivity contribution in [2.24, 2.45) is 0 Å². The number of benzene rings is 1. The molecule has 1 aliphatic heterocycles. The van der Waals surface area contributed by atoms with Crippen LogP contribution in [0.5, 0.6) is 0 Å². The summed E-state index contributed by atoms with van der Waals surface area (Å²) < 4.78 is 52.3. The zero-order valence-corrected chi connectivity index (χ0v) is 12.1. The van der Waals surface area contributed by atoms with E-state index in [0.29, 0.717) is 5.56 Å². The van der Waals surface area contributed by atoms with Gasteiger partial charge < -0.3 is 4.90 Å². The number of alkyl halides is 4. The first-order valence-electron chi connectivity index (χ1n) is 7.02. The minimum absolute atomic E-state index is 0.0272. The van der Waals surface area contributed by atoms with Crippen LogP contribution in [0, 0.1) is 0 Å². The number of ketones is 1. The fourth-order valence-corrected chi connectivity index (χ4v) is 2.43. The largest absolute Gasteiger partial charge is 0.416 e. The van der Waals surface area contributed by atoms with E-state index in [1.54, 1.807) is 12.1 Å². The van der Waals surface area contributed by atoms with Gasteiger partial charge in [0.25, 0.3) is 0 Å². The third-order valence-electron chi connectivity index (χ3n) is 3.68. The third kappa shape index (κ3) is 4.08. The van der Waals surface area contributed by atoms with Crippen molar-refractivity contribution in [2.45, 2.75) is 38.2 Å². The van der Waals surface area contributed by atoms with Crippen LogP contribution in [0.1, 0.15) is 36.8 Å². The van der Waals surface area contributed by atoms with E-state index in [1.807, 2.05) is 0 Å².